The van der Waals surface area contributed by atoms with Gasteiger partial charge >= 0.3 is 0 Å². The SMILES string of the molecule is CC(=O)N1CCC(C(=O)N2CCc3nc(NC(=O)C4CCC4)sc3C2)CC1. The zero-order valence-electron chi connectivity index (χ0n) is 15.7. The molecule has 8 heteroatoms. The zero-order chi connectivity index (χ0) is 19.0. The molecule has 146 valence electrons. The van der Waals surface area contributed by atoms with Crippen LogP contribution in [0.15, 0.2) is 0 Å². The molecule has 2 aliphatic heterocycles. The molecule has 1 aromatic rings. The van der Waals surface area contributed by atoms with E-state index in [2.05, 4.69) is 10.3 Å². The van der Waals surface area contributed by atoms with E-state index in [1.165, 1.54) is 11.3 Å². The smallest absolute Gasteiger partial charge is 0.229 e. The summed E-state index contributed by atoms with van der Waals surface area (Å²) < 4.78 is 0. The van der Waals surface area contributed by atoms with Crippen molar-refractivity contribution in [2.45, 2.75) is 52.0 Å². The van der Waals surface area contributed by atoms with Crippen LogP contribution in [0, 0.1) is 11.8 Å². The molecule has 1 N–H and O–H groups in total. The number of nitrogens with zero attached hydrogens (tertiary/aromatic N) is 3. The number of nitrogens with one attached hydrogen (secondary N) is 1. The van der Waals surface area contributed by atoms with Gasteiger partial charge in [0.15, 0.2) is 5.13 Å². The van der Waals surface area contributed by atoms with Gasteiger partial charge in [0.1, 0.15) is 0 Å². The molecule has 0 aromatic carbocycles. The average molecular weight is 391 g/mol. The second-order valence-corrected chi connectivity index (χ2v) is 8.88. The molecular weight excluding hydrogens is 364 g/mol. The van der Waals surface area contributed by atoms with Gasteiger partial charge in [-0.3, -0.25) is 14.4 Å². The molecule has 0 bridgehead atoms. The average Bonchev–Trinajstić information content (AvgIpc) is 3.00. The highest BCUT2D eigenvalue weighted by atomic mass is 32.1. The Bertz CT molecular complexity index is 750. The fraction of sp³-hybridized carbons (Fsp3) is 0.684. The summed E-state index contributed by atoms with van der Waals surface area (Å²) in [6.45, 7) is 4.18. The van der Waals surface area contributed by atoms with E-state index in [9.17, 15) is 14.4 Å². The number of anilines is 1. The van der Waals surface area contributed by atoms with Crippen molar-refractivity contribution >= 4 is 34.2 Å². The maximum Gasteiger partial charge on any atom is 0.229 e. The Balaban J connectivity index is 1.34. The van der Waals surface area contributed by atoms with Gasteiger partial charge in [0.25, 0.3) is 0 Å². The molecule has 27 heavy (non-hydrogen) atoms. The summed E-state index contributed by atoms with van der Waals surface area (Å²) in [5.41, 5.74) is 1.01. The number of thiazole rings is 1. The van der Waals surface area contributed by atoms with Crippen LogP contribution < -0.4 is 5.32 Å². The highest BCUT2D eigenvalue weighted by Crippen LogP contribution is 2.32. The van der Waals surface area contributed by atoms with Crippen LogP contribution in [0.25, 0.3) is 0 Å². The first kappa shape index (κ1) is 18.4. The molecule has 4 rings (SSSR count). The monoisotopic (exact) mass is 390 g/mol. The fourth-order valence-electron chi connectivity index (χ4n) is 4.01. The van der Waals surface area contributed by atoms with Crippen molar-refractivity contribution < 1.29 is 14.4 Å². The predicted molar refractivity (Wildman–Crippen MR) is 102 cm³/mol. The Kier molecular flexibility index (Phi) is 5.16. The van der Waals surface area contributed by atoms with Gasteiger partial charge in [0.2, 0.25) is 17.7 Å². The molecule has 3 heterocycles. The van der Waals surface area contributed by atoms with E-state index in [0.29, 0.717) is 31.3 Å². The van der Waals surface area contributed by atoms with Gasteiger partial charge in [0.05, 0.1) is 12.2 Å². The number of fused-ring (bicyclic) bond motifs is 1. The first-order chi connectivity index (χ1) is 13.0. The van der Waals surface area contributed by atoms with E-state index in [4.69, 9.17) is 0 Å². The molecule has 1 aliphatic carbocycles. The summed E-state index contributed by atoms with van der Waals surface area (Å²) in [6, 6.07) is 0. The third kappa shape index (κ3) is 3.85. The number of amides is 3. The van der Waals surface area contributed by atoms with Gasteiger partial charge < -0.3 is 15.1 Å². The van der Waals surface area contributed by atoms with Crippen molar-refractivity contribution in [1.29, 1.82) is 0 Å². The Morgan fingerprint density at radius 1 is 1.04 bits per heavy atom. The van der Waals surface area contributed by atoms with E-state index in [-0.39, 0.29) is 29.6 Å². The lowest BCUT2D eigenvalue weighted by Crippen LogP contribution is -2.45. The second kappa shape index (κ2) is 7.58. The minimum absolute atomic E-state index is 0.00728. The van der Waals surface area contributed by atoms with Crippen molar-refractivity contribution in [3.05, 3.63) is 10.6 Å². The van der Waals surface area contributed by atoms with Crippen molar-refractivity contribution in [1.82, 2.24) is 14.8 Å². The van der Waals surface area contributed by atoms with Crippen LogP contribution in [0.4, 0.5) is 5.13 Å². The Morgan fingerprint density at radius 2 is 1.78 bits per heavy atom. The normalized spacial score (nSPS) is 20.8. The van der Waals surface area contributed by atoms with Gasteiger partial charge in [0, 0.05) is 49.7 Å². The highest BCUT2D eigenvalue weighted by molar-refractivity contribution is 7.15. The molecule has 0 spiro atoms. The first-order valence-corrected chi connectivity index (χ1v) is 10.7. The van der Waals surface area contributed by atoms with Crippen molar-refractivity contribution in [3.8, 4) is 0 Å². The Morgan fingerprint density at radius 3 is 2.41 bits per heavy atom. The second-order valence-electron chi connectivity index (χ2n) is 7.80. The molecule has 3 amide bonds. The number of carbonyl (C=O) groups excluding carboxylic acids is 3. The molecular formula is C19H26N4O3S. The minimum atomic E-state index is 0.00728. The maximum absolute atomic E-state index is 12.9. The Labute approximate surface area is 163 Å². The molecule has 0 radical (unpaired) electrons. The van der Waals surface area contributed by atoms with E-state index in [0.717, 1.165) is 49.1 Å². The van der Waals surface area contributed by atoms with E-state index in [1.54, 1.807) is 6.92 Å². The number of piperidine rings is 1. The number of hydrogen-bond donors (Lipinski definition) is 1. The molecule has 2 fully saturated rings. The van der Waals surface area contributed by atoms with E-state index in [1.807, 2.05) is 9.80 Å². The van der Waals surface area contributed by atoms with E-state index < -0.39 is 0 Å². The van der Waals surface area contributed by atoms with Crippen molar-refractivity contribution in [2.24, 2.45) is 11.8 Å². The summed E-state index contributed by atoms with van der Waals surface area (Å²) in [4.78, 5) is 45.9. The summed E-state index contributed by atoms with van der Waals surface area (Å²) >= 11 is 1.50. The van der Waals surface area contributed by atoms with Crippen LogP contribution in [0.5, 0.6) is 0 Å². The van der Waals surface area contributed by atoms with Crippen LogP contribution in [0.3, 0.4) is 0 Å². The van der Waals surface area contributed by atoms with Gasteiger partial charge in [-0.1, -0.05) is 17.8 Å². The minimum Gasteiger partial charge on any atom is -0.343 e. The fourth-order valence-corrected chi connectivity index (χ4v) is 5.04. The maximum atomic E-state index is 12.9. The number of rotatable bonds is 3. The van der Waals surface area contributed by atoms with Gasteiger partial charge in [-0.05, 0) is 25.7 Å². The third-order valence-electron chi connectivity index (χ3n) is 6.04. The Hall–Kier alpha value is -1.96. The van der Waals surface area contributed by atoms with Crippen LogP contribution in [0.1, 0.15) is 49.6 Å². The molecule has 1 saturated carbocycles. The third-order valence-corrected chi connectivity index (χ3v) is 7.04. The van der Waals surface area contributed by atoms with Crippen LogP contribution in [0.2, 0.25) is 0 Å². The lowest BCUT2D eigenvalue weighted by Gasteiger charge is -2.35. The number of carbonyl (C=O) groups is 3. The lowest BCUT2D eigenvalue weighted by atomic mass is 9.85. The summed E-state index contributed by atoms with van der Waals surface area (Å²) in [5.74, 6) is 0.511. The summed E-state index contributed by atoms with van der Waals surface area (Å²) in [6.07, 6.45) is 5.31. The van der Waals surface area contributed by atoms with Crippen LogP contribution in [-0.2, 0) is 27.3 Å². The highest BCUT2D eigenvalue weighted by Gasteiger charge is 2.32. The number of likely N-dealkylation sites (tertiary alicyclic amines) is 1. The molecule has 0 unspecified atom stereocenters. The van der Waals surface area contributed by atoms with Crippen LogP contribution >= 0.6 is 11.3 Å². The van der Waals surface area contributed by atoms with Gasteiger partial charge in [-0.25, -0.2) is 4.98 Å². The molecule has 0 atom stereocenters. The molecule has 3 aliphatic rings. The quantitative estimate of drug-likeness (QED) is 0.856. The standard InChI is InChI=1S/C19H26N4O3S/c1-12(24)22-8-5-14(6-9-22)18(26)23-10-7-15-16(11-23)27-19(20-15)21-17(25)13-3-2-4-13/h13-14H,2-11H2,1H3,(H,20,21,25). The lowest BCUT2D eigenvalue weighted by molar-refractivity contribution is -0.140. The molecule has 1 aromatic heterocycles. The van der Waals surface area contributed by atoms with E-state index >= 15 is 0 Å². The predicted octanol–water partition coefficient (Wildman–Crippen LogP) is 2.02. The summed E-state index contributed by atoms with van der Waals surface area (Å²) in [5, 5.41) is 3.62. The topological polar surface area (TPSA) is 82.6 Å². The summed E-state index contributed by atoms with van der Waals surface area (Å²) in [7, 11) is 0. The molecule has 7 nitrogen and oxygen atoms in total. The number of aromatic nitrogens is 1. The molecule has 1 saturated heterocycles. The first-order valence-electron chi connectivity index (χ1n) is 9.85. The van der Waals surface area contributed by atoms with Crippen LogP contribution in [-0.4, -0.2) is 52.1 Å². The largest absolute Gasteiger partial charge is 0.343 e. The van der Waals surface area contributed by atoms with Gasteiger partial charge in [-0.15, -0.1) is 0 Å². The van der Waals surface area contributed by atoms with Crippen molar-refractivity contribution in [2.75, 3.05) is 25.0 Å². The van der Waals surface area contributed by atoms with Crippen molar-refractivity contribution in [3.63, 3.8) is 0 Å². The van der Waals surface area contributed by atoms with Gasteiger partial charge in [-0.2, -0.15) is 0 Å². The zero-order valence-corrected chi connectivity index (χ0v) is 16.5. The number of hydrogen-bond acceptors (Lipinski definition) is 5.